The second kappa shape index (κ2) is 6.60. The van der Waals surface area contributed by atoms with Crippen LogP contribution in [0.1, 0.15) is 37.7 Å². The Kier molecular flexibility index (Phi) is 5.11. The van der Waals surface area contributed by atoms with Crippen LogP contribution in [0.4, 0.5) is 0 Å². The van der Waals surface area contributed by atoms with E-state index in [0.29, 0.717) is 16.0 Å². The molecule has 1 saturated carbocycles. The maximum Gasteiger partial charge on any atom is 0.0647 e. The number of hydrogen-bond donors (Lipinski definition) is 1. The van der Waals surface area contributed by atoms with Crippen LogP contribution in [0.25, 0.3) is 6.08 Å². The van der Waals surface area contributed by atoms with E-state index >= 15 is 0 Å². The molecule has 0 spiro atoms. The van der Waals surface area contributed by atoms with Gasteiger partial charge in [0.2, 0.25) is 0 Å². The molecule has 0 bridgehead atoms. The number of halogens is 2. The van der Waals surface area contributed by atoms with Crippen LogP contribution in [0.15, 0.2) is 23.8 Å². The fourth-order valence-electron chi connectivity index (χ4n) is 2.58. The summed E-state index contributed by atoms with van der Waals surface area (Å²) in [4.78, 5) is 0. The van der Waals surface area contributed by atoms with Gasteiger partial charge in [-0.2, -0.15) is 0 Å². The van der Waals surface area contributed by atoms with E-state index in [1.54, 1.807) is 6.07 Å². The number of aliphatic hydroxyl groups excluding tert-OH is 1. The van der Waals surface area contributed by atoms with Crippen LogP contribution < -0.4 is 0 Å². The highest BCUT2D eigenvalue weighted by Crippen LogP contribution is 2.32. The maximum absolute atomic E-state index is 9.55. The lowest BCUT2D eigenvalue weighted by Gasteiger charge is -2.23. The molecule has 0 atom stereocenters. The quantitative estimate of drug-likeness (QED) is 0.833. The molecule has 0 heterocycles. The molecule has 0 unspecified atom stereocenters. The van der Waals surface area contributed by atoms with Gasteiger partial charge >= 0.3 is 0 Å². The van der Waals surface area contributed by atoms with Crippen LogP contribution in [0.2, 0.25) is 10.0 Å². The first-order valence-electron chi connectivity index (χ1n) is 6.47. The molecule has 1 aliphatic rings. The van der Waals surface area contributed by atoms with Crippen molar-refractivity contribution in [1.29, 1.82) is 0 Å². The van der Waals surface area contributed by atoms with Crippen molar-refractivity contribution >= 4 is 29.3 Å². The monoisotopic (exact) mass is 284 g/mol. The molecule has 1 aliphatic carbocycles. The van der Waals surface area contributed by atoms with Gasteiger partial charge in [0.25, 0.3) is 0 Å². The van der Waals surface area contributed by atoms with Crippen molar-refractivity contribution in [3.05, 3.63) is 39.4 Å². The fraction of sp³-hybridized carbons (Fsp3) is 0.467. The Balaban J connectivity index is 2.22. The topological polar surface area (TPSA) is 20.2 Å². The molecule has 98 valence electrons. The molecular formula is C15H18Cl2O. The SMILES string of the molecule is OCC(=Cc1ccc(Cl)cc1Cl)C1CCCCC1. The number of rotatable bonds is 3. The van der Waals surface area contributed by atoms with Gasteiger partial charge in [-0.1, -0.05) is 54.6 Å². The first-order chi connectivity index (χ1) is 8.70. The standard InChI is InChI=1S/C15H18Cl2O/c16-14-7-6-12(15(17)9-14)8-13(10-18)11-4-2-1-3-5-11/h6-9,11,18H,1-5,10H2. The zero-order chi connectivity index (χ0) is 13.0. The van der Waals surface area contributed by atoms with Crippen molar-refractivity contribution < 1.29 is 5.11 Å². The van der Waals surface area contributed by atoms with E-state index in [1.807, 2.05) is 18.2 Å². The number of hydrogen-bond acceptors (Lipinski definition) is 1. The van der Waals surface area contributed by atoms with Gasteiger partial charge in [0.1, 0.15) is 0 Å². The Morgan fingerprint density at radius 1 is 1.22 bits per heavy atom. The predicted molar refractivity (Wildman–Crippen MR) is 78.1 cm³/mol. The summed E-state index contributed by atoms with van der Waals surface area (Å²) >= 11 is 12.0. The third kappa shape index (κ3) is 3.50. The zero-order valence-electron chi connectivity index (χ0n) is 10.3. The molecule has 18 heavy (non-hydrogen) atoms. The molecule has 2 rings (SSSR count). The van der Waals surface area contributed by atoms with Gasteiger partial charge < -0.3 is 5.11 Å². The lowest BCUT2D eigenvalue weighted by molar-refractivity contribution is 0.295. The van der Waals surface area contributed by atoms with E-state index in [0.717, 1.165) is 11.1 Å². The first-order valence-corrected chi connectivity index (χ1v) is 7.22. The van der Waals surface area contributed by atoms with Crippen molar-refractivity contribution in [2.24, 2.45) is 5.92 Å². The van der Waals surface area contributed by atoms with Crippen LogP contribution in [0.3, 0.4) is 0 Å². The van der Waals surface area contributed by atoms with E-state index in [4.69, 9.17) is 23.2 Å². The summed E-state index contributed by atoms with van der Waals surface area (Å²) in [5.41, 5.74) is 2.04. The van der Waals surface area contributed by atoms with Crippen molar-refractivity contribution in [2.45, 2.75) is 32.1 Å². The van der Waals surface area contributed by atoms with Crippen LogP contribution >= 0.6 is 23.2 Å². The Morgan fingerprint density at radius 3 is 2.56 bits per heavy atom. The van der Waals surface area contributed by atoms with Gasteiger partial charge in [-0.25, -0.2) is 0 Å². The fourth-order valence-corrected chi connectivity index (χ4v) is 3.05. The highest BCUT2D eigenvalue weighted by Gasteiger charge is 2.17. The maximum atomic E-state index is 9.55. The van der Waals surface area contributed by atoms with Gasteiger partial charge in [-0.15, -0.1) is 0 Å². The summed E-state index contributed by atoms with van der Waals surface area (Å²) in [5, 5.41) is 10.8. The summed E-state index contributed by atoms with van der Waals surface area (Å²) in [6, 6.07) is 5.48. The minimum Gasteiger partial charge on any atom is -0.392 e. The van der Waals surface area contributed by atoms with Crippen molar-refractivity contribution in [1.82, 2.24) is 0 Å². The second-order valence-electron chi connectivity index (χ2n) is 4.88. The second-order valence-corrected chi connectivity index (χ2v) is 5.72. The lowest BCUT2D eigenvalue weighted by atomic mass is 9.83. The molecule has 1 nitrogen and oxygen atoms in total. The van der Waals surface area contributed by atoms with E-state index in [-0.39, 0.29) is 6.61 Å². The van der Waals surface area contributed by atoms with E-state index in [2.05, 4.69) is 0 Å². The van der Waals surface area contributed by atoms with Crippen LogP contribution in [0, 0.1) is 5.92 Å². The molecule has 0 aliphatic heterocycles. The molecule has 1 N–H and O–H groups in total. The molecule has 1 fully saturated rings. The van der Waals surface area contributed by atoms with Gasteiger partial charge in [-0.05, 0) is 42.0 Å². The Morgan fingerprint density at radius 2 is 1.94 bits per heavy atom. The van der Waals surface area contributed by atoms with Gasteiger partial charge in [0.05, 0.1) is 6.61 Å². The Labute approximate surface area is 118 Å². The average Bonchev–Trinajstić information content (AvgIpc) is 2.39. The lowest BCUT2D eigenvalue weighted by Crippen LogP contribution is -2.11. The highest BCUT2D eigenvalue weighted by molar-refractivity contribution is 6.35. The van der Waals surface area contributed by atoms with E-state index in [1.165, 1.54) is 32.1 Å². The van der Waals surface area contributed by atoms with E-state index < -0.39 is 0 Å². The van der Waals surface area contributed by atoms with Gasteiger partial charge in [0.15, 0.2) is 0 Å². The minimum absolute atomic E-state index is 0.115. The summed E-state index contributed by atoms with van der Waals surface area (Å²) in [5.74, 6) is 0.510. The van der Waals surface area contributed by atoms with Crippen molar-refractivity contribution in [3.63, 3.8) is 0 Å². The summed E-state index contributed by atoms with van der Waals surface area (Å²) in [6.45, 7) is 0.115. The van der Waals surface area contributed by atoms with Gasteiger partial charge in [-0.3, -0.25) is 0 Å². The van der Waals surface area contributed by atoms with Crippen molar-refractivity contribution in [2.75, 3.05) is 6.61 Å². The summed E-state index contributed by atoms with van der Waals surface area (Å²) in [7, 11) is 0. The minimum atomic E-state index is 0.115. The molecule has 0 amide bonds. The summed E-state index contributed by atoms with van der Waals surface area (Å²) in [6.07, 6.45) is 8.22. The zero-order valence-corrected chi connectivity index (χ0v) is 11.8. The smallest absolute Gasteiger partial charge is 0.0647 e. The van der Waals surface area contributed by atoms with Crippen LogP contribution in [0.5, 0.6) is 0 Å². The first kappa shape index (κ1) is 13.9. The third-order valence-corrected chi connectivity index (χ3v) is 4.18. The molecule has 1 aromatic rings. The average molecular weight is 285 g/mol. The Bertz CT molecular complexity index is 434. The number of aliphatic hydroxyl groups is 1. The molecular weight excluding hydrogens is 267 g/mol. The van der Waals surface area contributed by atoms with Crippen molar-refractivity contribution in [3.8, 4) is 0 Å². The Hall–Kier alpha value is -0.500. The normalized spacial score (nSPS) is 18.1. The van der Waals surface area contributed by atoms with Gasteiger partial charge in [0, 0.05) is 10.0 Å². The number of benzene rings is 1. The largest absolute Gasteiger partial charge is 0.392 e. The molecule has 3 heteroatoms. The third-order valence-electron chi connectivity index (χ3n) is 3.62. The van der Waals surface area contributed by atoms with Crippen LogP contribution in [-0.2, 0) is 0 Å². The predicted octanol–water partition coefficient (Wildman–Crippen LogP) is 4.95. The highest BCUT2D eigenvalue weighted by atomic mass is 35.5. The molecule has 0 saturated heterocycles. The van der Waals surface area contributed by atoms with E-state index in [9.17, 15) is 5.11 Å². The molecule has 1 aromatic carbocycles. The van der Waals surface area contributed by atoms with Crippen LogP contribution in [-0.4, -0.2) is 11.7 Å². The summed E-state index contributed by atoms with van der Waals surface area (Å²) < 4.78 is 0. The molecule has 0 radical (unpaired) electrons. The molecule has 0 aromatic heterocycles.